The second-order valence-corrected chi connectivity index (χ2v) is 7.86. The molecule has 0 spiro atoms. The van der Waals surface area contributed by atoms with Gasteiger partial charge in [0.2, 0.25) is 5.91 Å². The van der Waals surface area contributed by atoms with Crippen LogP contribution in [-0.2, 0) is 4.79 Å². The molecule has 7 heteroatoms. The number of thioether (sulfide) groups is 1. The third-order valence-corrected chi connectivity index (χ3v) is 6.17. The van der Waals surface area contributed by atoms with E-state index >= 15 is 0 Å². The number of H-pyrrole nitrogens is 1. The first-order valence-electron chi connectivity index (χ1n) is 9.01. The van der Waals surface area contributed by atoms with Crippen molar-refractivity contribution in [2.24, 2.45) is 0 Å². The molecule has 2 N–H and O–H groups in total. The molecule has 27 heavy (non-hydrogen) atoms. The van der Waals surface area contributed by atoms with Crippen molar-refractivity contribution >= 4 is 40.3 Å². The molecular formula is C20H18N4O2S. The fraction of sp³-hybridized carbons (Fsp3) is 0.250. The van der Waals surface area contributed by atoms with Crippen molar-refractivity contribution < 1.29 is 9.59 Å². The van der Waals surface area contributed by atoms with Crippen molar-refractivity contribution in [3.8, 4) is 0 Å². The lowest BCUT2D eigenvalue weighted by atomic mass is 10.1. The molecule has 2 aliphatic rings. The van der Waals surface area contributed by atoms with Crippen molar-refractivity contribution in [3.05, 3.63) is 53.9 Å². The van der Waals surface area contributed by atoms with Crippen LogP contribution in [0.4, 0.5) is 5.69 Å². The van der Waals surface area contributed by atoms with Gasteiger partial charge in [-0.25, -0.2) is 4.98 Å². The summed E-state index contributed by atoms with van der Waals surface area (Å²) in [5.74, 6) is 1.20. The van der Waals surface area contributed by atoms with E-state index in [2.05, 4.69) is 10.3 Å². The van der Waals surface area contributed by atoms with Gasteiger partial charge in [0.1, 0.15) is 5.82 Å². The van der Waals surface area contributed by atoms with E-state index < -0.39 is 0 Å². The molecule has 1 aromatic heterocycles. The van der Waals surface area contributed by atoms with Gasteiger partial charge in [0.05, 0.1) is 28.5 Å². The predicted octanol–water partition coefficient (Wildman–Crippen LogP) is 3.58. The van der Waals surface area contributed by atoms with Gasteiger partial charge in [-0.3, -0.25) is 9.59 Å². The van der Waals surface area contributed by atoms with Crippen LogP contribution in [0.1, 0.15) is 35.1 Å². The van der Waals surface area contributed by atoms with E-state index in [9.17, 15) is 9.59 Å². The van der Waals surface area contributed by atoms with Gasteiger partial charge in [-0.2, -0.15) is 0 Å². The van der Waals surface area contributed by atoms with Gasteiger partial charge in [-0.05, 0) is 43.2 Å². The number of hydrogen-bond donors (Lipinski definition) is 2. The maximum atomic E-state index is 13.2. The molecule has 0 radical (unpaired) electrons. The van der Waals surface area contributed by atoms with Gasteiger partial charge in [0.15, 0.2) is 0 Å². The number of nitrogens with one attached hydrogen (secondary N) is 2. The molecule has 136 valence electrons. The summed E-state index contributed by atoms with van der Waals surface area (Å²) in [6.07, 6.45) is 1.84. The van der Waals surface area contributed by atoms with Gasteiger partial charge in [-0.1, -0.05) is 12.1 Å². The number of rotatable bonds is 2. The lowest BCUT2D eigenvalue weighted by Crippen LogP contribution is -2.31. The zero-order valence-corrected chi connectivity index (χ0v) is 15.4. The first-order chi connectivity index (χ1) is 13.2. The van der Waals surface area contributed by atoms with Crippen LogP contribution in [0.3, 0.4) is 0 Å². The Hall–Kier alpha value is -2.80. The van der Waals surface area contributed by atoms with Gasteiger partial charge in [0, 0.05) is 17.0 Å². The average Bonchev–Trinajstić information content (AvgIpc) is 3.33. The highest BCUT2D eigenvalue weighted by Gasteiger charge is 2.33. The van der Waals surface area contributed by atoms with Crippen LogP contribution in [0.2, 0.25) is 0 Å². The van der Waals surface area contributed by atoms with E-state index in [4.69, 9.17) is 4.98 Å². The third kappa shape index (κ3) is 2.88. The number of carbonyl (C=O) groups is 2. The van der Waals surface area contributed by atoms with Crippen LogP contribution in [0.5, 0.6) is 0 Å². The van der Waals surface area contributed by atoms with Gasteiger partial charge in [-0.15, -0.1) is 11.8 Å². The van der Waals surface area contributed by atoms with E-state index in [1.54, 1.807) is 6.07 Å². The van der Waals surface area contributed by atoms with E-state index in [1.807, 2.05) is 41.3 Å². The smallest absolute Gasteiger partial charge is 0.254 e. The van der Waals surface area contributed by atoms with Crippen LogP contribution in [0.25, 0.3) is 11.0 Å². The Morgan fingerprint density at radius 2 is 2.11 bits per heavy atom. The van der Waals surface area contributed by atoms with E-state index in [0.29, 0.717) is 17.9 Å². The second-order valence-electron chi connectivity index (χ2n) is 6.84. The standard InChI is InChI=1S/C20H18N4O2S/c25-18-11-27-17-8-7-12(10-15(17)21-18)20(26)24-9-3-6-16(24)19-22-13-4-1-2-5-14(13)23-19/h1-2,4-5,7-8,10,16H,3,6,9,11H2,(H,21,25)(H,22,23)/t16-/m0/s1. The van der Waals surface area contributed by atoms with Gasteiger partial charge >= 0.3 is 0 Å². The molecule has 1 fully saturated rings. The minimum Gasteiger partial charge on any atom is -0.340 e. The highest BCUT2D eigenvalue weighted by Crippen LogP contribution is 2.35. The van der Waals surface area contributed by atoms with Crippen molar-refractivity contribution in [2.75, 3.05) is 17.6 Å². The Bertz CT molecular complexity index is 1030. The maximum Gasteiger partial charge on any atom is 0.254 e. The first-order valence-corrected chi connectivity index (χ1v) is 10.00. The van der Waals surface area contributed by atoms with Gasteiger partial charge in [0.25, 0.3) is 5.91 Å². The summed E-state index contributed by atoms with van der Waals surface area (Å²) in [5.41, 5.74) is 3.22. The fourth-order valence-corrected chi connectivity index (χ4v) is 4.59. The lowest BCUT2D eigenvalue weighted by Gasteiger charge is -2.24. The van der Waals surface area contributed by atoms with Crippen molar-refractivity contribution in [3.63, 3.8) is 0 Å². The van der Waals surface area contributed by atoms with Crippen molar-refractivity contribution in [2.45, 2.75) is 23.8 Å². The van der Waals surface area contributed by atoms with Crippen LogP contribution in [-0.4, -0.2) is 39.0 Å². The second kappa shape index (κ2) is 6.42. The highest BCUT2D eigenvalue weighted by molar-refractivity contribution is 8.00. The number of nitrogens with zero attached hydrogens (tertiary/aromatic N) is 2. The third-order valence-electron chi connectivity index (χ3n) is 5.10. The number of anilines is 1. The van der Waals surface area contributed by atoms with E-state index in [-0.39, 0.29) is 17.9 Å². The lowest BCUT2D eigenvalue weighted by molar-refractivity contribution is -0.113. The molecule has 0 saturated carbocycles. The summed E-state index contributed by atoms with van der Waals surface area (Å²) in [5, 5.41) is 2.86. The summed E-state index contributed by atoms with van der Waals surface area (Å²) in [4.78, 5) is 35.8. The normalized spacial score (nSPS) is 19.2. The van der Waals surface area contributed by atoms with Gasteiger partial charge < -0.3 is 15.2 Å². The number of benzene rings is 2. The number of likely N-dealkylation sites (tertiary alicyclic amines) is 1. The highest BCUT2D eigenvalue weighted by atomic mass is 32.2. The molecule has 2 aliphatic heterocycles. The van der Waals surface area contributed by atoms with Crippen LogP contribution in [0, 0.1) is 0 Å². The van der Waals surface area contributed by atoms with Crippen molar-refractivity contribution in [1.82, 2.24) is 14.9 Å². The number of aromatic nitrogens is 2. The molecule has 0 aliphatic carbocycles. The minimum atomic E-state index is -0.0510. The Labute approximate surface area is 160 Å². The Morgan fingerprint density at radius 3 is 3.00 bits per heavy atom. The Kier molecular flexibility index (Phi) is 3.89. The number of para-hydroxylation sites is 2. The fourth-order valence-electron chi connectivity index (χ4n) is 3.81. The molecule has 6 nitrogen and oxygen atoms in total. The molecule has 5 rings (SSSR count). The molecular weight excluding hydrogens is 360 g/mol. The van der Waals surface area contributed by atoms with Crippen molar-refractivity contribution in [1.29, 1.82) is 0 Å². The summed E-state index contributed by atoms with van der Waals surface area (Å²) in [6, 6.07) is 13.4. The molecule has 3 heterocycles. The number of fused-ring (bicyclic) bond motifs is 2. The number of aromatic amines is 1. The zero-order valence-electron chi connectivity index (χ0n) is 14.6. The summed E-state index contributed by atoms with van der Waals surface area (Å²) in [6.45, 7) is 0.707. The average molecular weight is 378 g/mol. The summed E-state index contributed by atoms with van der Waals surface area (Å²) >= 11 is 1.50. The number of hydrogen-bond acceptors (Lipinski definition) is 4. The first kappa shape index (κ1) is 16.4. The molecule has 0 bridgehead atoms. The molecule has 2 aromatic carbocycles. The van der Waals surface area contributed by atoms with Crippen LogP contribution >= 0.6 is 11.8 Å². The maximum absolute atomic E-state index is 13.2. The number of carbonyl (C=O) groups excluding carboxylic acids is 2. The molecule has 0 unspecified atom stereocenters. The molecule has 2 amide bonds. The zero-order chi connectivity index (χ0) is 18.4. The Balaban J connectivity index is 1.45. The van der Waals surface area contributed by atoms with E-state index in [1.165, 1.54) is 11.8 Å². The molecule has 1 saturated heterocycles. The summed E-state index contributed by atoms with van der Waals surface area (Å²) < 4.78 is 0. The predicted molar refractivity (Wildman–Crippen MR) is 105 cm³/mol. The summed E-state index contributed by atoms with van der Waals surface area (Å²) in [7, 11) is 0. The number of imidazole rings is 1. The van der Waals surface area contributed by atoms with Crippen LogP contribution < -0.4 is 5.32 Å². The molecule has 3 aromatic rings. The largest absolute Gasteiger partial charge is 0.340 e. The van der Waals surface area contributed by atoms with Crippen LogP contribution in [0.15, 0.2) is 47.4 Å². The van der Waals surface area contributed by atoms with E-state index in [0.717, 1.165) is 40.3 Å². The minimum absolute atomic E-state index is 0.0226. The quantitative estimate of drug-likeness (QED) is 0.714. The monoisotopic (exact) mass is 378 g/mol. The molecule has 1 atom stereocenters. The number of amides is 2. The Morgan fingerprint density at radius 1 is 1.22 bits per heavy atom. The SMILES string of the molecule is O=C1CSc2ccc(C(=O)N3CCC[C@H]3c3nc4ccccc4[nH]3)cc2N1. The topological polar surface area (TPSA) is 78.1 Å².